The molecule has 2 aromatic carbocycles. The zero-order valence-electron chi connectivity index (χ0n) is 20.1. The maximum Gasteiger partial charge on any atom is 0.407 e. The first-order chi connectivity index (χ1) is 16.8. The summed E-state index contributed by atoms with van der Waals surface area (Å²) in [7, 11) is 3.12. The number of amides is 2. The number of nitrogens with one attached hydrogen (secondary N) is 3. The molecule has 3 N–H and O–H groups in total. The number of fused-ring (bicyclic) bond motifs is 1. The number of para-hydroxylation sites is 1. The second-order valence-corrected chi connectivity index (χ2v) is 9.39. The molecule has 0 aliphatic heterocycles. The molecule has 0 bridgehead atoms. The Balaban J connectivity index is 1.75. The van der Waals surface area contributed by atoms with E-state index in [1.54, 1.807) is 20.3 Å². The van der Waals surface area contributed by atoms with Crippen molar-refractivity contribution in [2.24, 2.45) is 11.0 Å². The number of nitrogens with zero attached hydrogens (tertiary/aromatic N) is 1. The molecule has 0 aliphatic rings. The molecule has 0 saturated carbocycles. The molecule has 2 amide bonds. The zero-order valence-corrected chi connectivity index (χ0v) is 22.2. The number of aromatic amines is 1. The number of carbonyl (C=O) groups excluding carboxylic acids is 2. The van der Waals surface area contributed by atoms with Gasteiger partial charge in [0.15, 0.2) is 11.5 Å². The standard InChI is InChI=1S/C25H29IN4O5/c1-15(2)14-35-25(32)29-21(11-17-13-27-20-8-6-5-7-18(17)20)24(31)30-28-12-16-9-19(26)23(34-4)22(10-16)33-3/h5-10,12-13,15,21,27H,11,14H2,1-4H3,(H,29,32)(H,30,31)/b28-12-/t21-/m0/s1. The number of halogens is 1. The molecule has 1 aromatic heterocycles. The van der Waals surface area contributed by atoms with Crippen LogP contribution in [-0.4, -0.2) is 50.1 Å². The smallest absolute Gasteiger partial charge is 0.407 e. The highest BCUT2D eigenvalue weighted by Crippen LogP contribution is 2.33. The first kappa shape index (κ1) is 26.3. The summed E-state index contributed by atoms with van der Waals surface area (Å²) in [5.41, 5.74) is 5.08. The monoisotopic (exact) mass is 592 g/mol. The third-order valence-electron chi connectivity index (χ3n) is 5.10. The molecular formula is C25H29IN4O5. The third kappa shape index (κ3) is 7.10. The summed E-state index contributed by atoms with van der Waals surface area (Å²) >= 11 is 2.14. The SMILES string of the molecule is COc1cc(/C=N\NC(=O)[C@H](Cc2c[nH]c3ccccc23)NC(=O)OCC(C)C)cc(I)c1OC. The number of alkyl carbamates (subject to hydrolysis) is 1. The Kier molecular flexibility index (Phi) is 9.35. The van der Waals surface area contributed by atoms with E-state index in [0.29, 0.717) is 17.1 Å². The van der Waals surface area contributed by atoms with Crippen molar-refractivity contribution in [3.63, 3.8) is 0 Å². The number of hydrogen-bond donors (Lipinski definition) is 3. The van der Waals surface area contributed by atoms with Gasteiger partial charge in [-0.1, -0.05) is 32.0 Å². The van der Waals surface area contributed by atoms with Gasteiger partial charge in [-0.05, 0) is 57.8 Å². The summed E-state index contributed by atoms with van der Waals surface area (Å²) in [6.45, 7) is 4.13. The molecule has 35 heavy (non-hydrogen) atoms. The topological polar surface area (TPSA) is 114 Å². The largest absolute Gasteiger partial charge is 0.493 e. The Morgan fingerprint density at radius 3 is 2.66 bits per heavy atom. The van der Waals surface area contributed by atoms with Gasteiger partial charge >= 0.3 is 6.09 Å². The second kappa shape index (κ2) is 12.4. The summed E-state index contributed by atoms with van der Waals surface area (Å²) in [5, 5.41) is 7.73. The van der Waals surface area contributed by atoms with Crippen LogP contribution in [0.25, 0.3) is 10.9 Å². The first-order valence-electron chi connectivity index (χ1n) is 11.0. The van der Waals surface area contributed by atoms with Crippen LogP contribution in [0.3, 0.4) is 0 Å². The van der Waals surface area contributed by atoms with Crippen LogP contribution in [0.5, 0.6) is 11.5 Å². The Labute approximate surface area is 217 Å². The van der Waals surface area contributed by atoms with E-state index in [2.05, 4.69) is 43.4 Å². The van der Waals surface area contributed by atoms with Crippen molar-refractivity contribution in [2.75, 3.05) is 20.8 Å². The Bertz CT molecular complexity index is 1210. The first-order valence-corrected chi connectivity index (χ1v) is 12.1. The predicted molar refractivity (Wildman–Crippen MR) is 143 cm³/mol. The van der Waals surface area contributed by atoms with E-state index >= 15 is 0 Å². The van der Waals surface area contributed by atoms with Crippen LogP contribution in [0, 0.1) is 9.49 Å². The molecule has 1 heterocycles. The van der Waals surface area contributed by atoms with Gasteiger partial charge in [-0.25, -0.2) is 10.2 Å². The van der Waals surface area contributed by atoms with E-state index in [1.165, 1.54) is 6.21 Å². The number of carbonyl (C=O) groups is 2. The highest BCUT2D eigenvalue weighted by Gasteiger charge is 2.23. The van der Waals surface area contributed by atoms with Gasteiger partial charge in [0.2, 0.25) is 0 Å². The normalized spacial score (nSPS) is 12.1. The van der Waals surface area contributed by atoms with Crippen molar-refractivity contribution in [3.8, 4) is 11.5 Å². The molecule has 186 valence electrons. The quantitative estimate of drug-likeness (QED) is 0.185. The van der Waals surface area contributed by atoms with E-state index < -0.39 is 18.0 Å². The number of hydrazone groups is 1. The average molecular weight is 592 g/mol. The Morgan fingerprint density at radius 2 is 1.94 bits per heavy atom. The van der Waals surface area contributed by atoms with Crippen molar-refractivity contribution in [1.29, 1.82) is 0 Å². The van der Waals surface area contributed by atoms with Gasteiger partial charge in [-0.3, -0.25) is 4.79 Å². The summed E-state index contributed by atoms with van der Waals surface area (Å²) in [5.74, 6) is 0.884. The van der Waals surface area contributed by atoms with Crippen LogP contribution < -0.4 is 20.2 Å². The lowest BCUT2D eigenvalue weighted by molar-refractivity contribution is -0.123. The summed E-state index contributed by atoms with van der Waals surface area (Å²) in [6.07, 6.45) is 2.94. The van der Waals surface area contributed by atoms with E-state index in [-0.39, 0.29) is 18.9 Å². The van der Waals surface area contributed by atoms with E-state index in [4.69, 9.17) is 14.2 Å². The number of rotatable bonds is 10. The minimum absolute atomic E-state index is 0.176. The highest BCUT2D eigenvalue weighted by molar-refractivity contribution is 14.1. The van der Waals surface area contributed by atoms with Crippen LogP contribution in [0.2, 0.25) is 0 Å². The number of methoxy groups -OCH3 is 2. The number of benzene rings is 2. The van der Waals surface area contributed by atoms with Crippen LogP contribution in [0.4, 0.5) is 4.79 Å². The van der Waals surface area contributed by atoms with Crippen LogP contribution >= 0.6 is 22.6 Å². The Morgan fingerprint density at radius 1 is 1.17 bits per heavy atom. The molecule has 0 radical (unpaired) electrons. The van der Waals surface area contributed by atoms with Crippen molar-refractivity contribution in [3.05, 3.63) is 57.3 Å². The van der Waals surface area contributed by atoms with Crippen LogP contribution in [-0.2, 0) is 16.0 Å². The number of ether oxygens (including phenoxy) is 3. The highest BCUT2D eigenvalue weighted by atomic mass is 127. The Hall–Kier alpha value is -3.28. The van der Waals surface area contributed by atoms with Crippen molar-refractivity contribution in [2.45, 2.75) is 26.3 Å². The molecule has 0 fully saturated rings. The minimum Gasteiger partial charge on any atom is -0.493 e. The fourth-order valence-corrected chi connectivity index (χ4v) is 4.26. The number of hydrogen-bond acceptors (Lipinski definition) is 6. The molecule has 0 spiro atoms. The van der Waals surface area contributed by atoms with Gasteiger partial charge in [0.05, 0.1) is 30.6 Å². The van der Waals surface area contributed by atoms with Crippen molar-refractivity contribution < 1.29 is 23.8 Å². The van der Waals surface area contributed by atoms with E-state index in [0.717, 1.165) is 20.0 Å². The molecule has 3 aromatic rings. The fraction of sp³-hybridized carbons (Fsp3) is 0.320. The molecular weight excluding hydrogens is 563 g/mol. The number of H-pyrrole nitrogens is 1. The molecule has 0 saturated heterocycles. The summed E-state index contributed by atoms with van der Waals surface area (Å²) < 4.78 is 16.8. The summed E-state index contributed by atoms with van der Waals surface area (Å²) in [6, 6.07) is 10.5. The molecule has 3 rings (SSSR count). The van der Waals surface area contributed by atoms with Crippen molar-refractivity contribution >= 4 is 51.7 Å². The zero-order chi connectivity index (χ0) is 25.4. The lowest BCUT2D eigenvalue weighted by Gasteiger charge is -2.17. The third-order valence-corrected chi connectivity index (χ3v) is 5.90. The maximum absolute atomic E-state index is 13.0. The second-order valence-electron chi connectivity index (χ2n) is 8.23. The van der Waals surface area contributed by atoms with Gasteiger partial charge in [0, 0.05) is 23.5 Å². The molecule has 10 heteroatoms. The summed E-state index contributed by atoms with van der Waals surface area (Å²) in [4.78, 5) is 28.5. The minimum atomic E-state index is -0.892. The average Bonchev–Trinajstić information content (AvgIpc) is 3.24. The van der Waals surface area contributed by atoms with Gasteiger partial charge < -0.3 is 24.5 Å². The maximum atomic E-state index is 13.0. The molecule has 9 nitrogen and oxygen atoms in total. The van der Waals surface area contributed by atoms with Gasteiger partial charge in [0.25, 0.3) is 5.91 Å². The van der Waals surface area contributed by atoms with Gasteiger partial charge in [0.1, 0.15) is 6.04 Å². The lowest BCUT2D eigenvalue weighted by Crippen LogP contribution is -2.47. The molecule has 0 unspecified atom stereocenters. The van der Waals surface area contributed by atoms with Crippen LogP contribution in [0.15, 0.2) is 47.7 Å². The van der Waals surface area contributed by atoms with Gasteiger partial charge in [-0.2, -0.15) is 5.10 Å². The number of aromatic nitrogens is 1. The van der Waals surface area contributed by atoms with Crippen molar-refractivity contribution in [1.82, 2.24) is 15.7 Å². The fourth-order valence-electron chi connectivity index (χ4n) is 3.42. The van der Waals surface area contributed by atoms with E-state index in [1.807, 2.05) is 50.4 Å². The molecule has 1 atom stereocenters. The van der Waals surface area contributed by atoms with Gasteiger partial charge in [-0.15, -0.1) is 0 Å². The predicted octanol–water partition coefficient (Wildman–Crippen LogP) is 4.23. The van der Waals surface area contributed by atoms with E-state index in [9.17, 15) is 9.59 Å². The lowest BCUT2D eigenvalue weighted by atomic mass is 10.0. The molecule has 0 aliphatic carbocycles. The van der Waals surface area contributed by atoms with Crippen LogP contribution in [0.1, 0.15) is 25.0 Å².